The molecule has 1 aromatic rings. The first-order valence-electron chi connectivity index (χ1n) is 5.99. The van der Waals surface area contributed by atoms with Gasteiger partial charge in [0.2, 0.25) is 5.91 Å². The van der Waals surface area contributed by atoms with E-state index in [9.17, 15) is 19.7 Å². The Morgan fingerprint density at radius 3 is 2.70 bits per heavy atom. The van der Waals surface area contributed by atoms with Crippen molar-refractivity contribution in [3.63, 3.8) is 0 Å². The van der Waals surface area contributed by atoms with Crippen LogP contribution in [-0.2, 0) is 4.79 Å². The van der Waals surface area contributed by atoms with Gasteiger partial charge in [-0.3, -0.25) is 14.9 Å². The van der Waals surface area contributed by atoms with Crippen molar-refractivity contribution >= 4 is 23.3 Å². The Kier molecular flexibility index (Phi) is 3.55. The van der Waals surface area contributed by atoms with E-state index in [4.69, 9.17) is 10.8 Å². The Hall–Kier alpha value is -2.64. The molecule has 1 aromatic carbocycles. The molecule has 0 saturated carbocycles. The highest BCUT2D eigenvalue weighted by molar-refractivity contribution is 5.91. The van der Waals surface area contributed by atoms with Gasteiger partial charge in [0.1, 0.15) is 11.7 Å². The fourth-order valence-electron chi connectivity index (χ4n) is 2.40. The number of anilines is 1. The summed E-state index contributed by atoms with van der Waals surface area (Å²) in [6, 6.07) is 3.03. The third-order valence-electron chi connectivity index (χ3n) is 3.31. The van der Waals surface area contributed by atoms with Crippen LogP contribution in [0, 0.1) is 10.1 Å². The molecule has 106 valence electrons. The minimum absolute atomic E-state index is 0.171. The molecule has 1 atom stereocenters. The molecule has 20 heavy (non-hydrogen) atoms. The lowest BCUT2D eigenvalue weighted by Gasteiger charge is -2.24. The van der Waals surface area contributed by atoms with Crippen molar-refractivity contribution in [3.8, 4) is 0 Å². The molecule has 8 heteroatoms. The van der Waals surface area contributed by atoms with E-state index in [-0.39, 0.29) is 16.9 Å². The summed E-state index contributed by atoms with van der Waals surface area (Å²) in [5.41, 5.74) is 5.00. The van der Waals surface area contributed by atoms with Gasteiger partial charge in [-0.15, -0.1) is 0 Å². The number of hydrogen-bond acceptors (Lipinski definition) is 5. The van der Waals surface area contributed by atoms with Crippen molar-refractivity contribution in [1.82, 2.24) is 0 Å². The van der Waals surface area contributed by atoms with Crippen LogP contribution in [0.25, 0.3) is 0 Å². The molecule has 1 aliphatic heterocycles. The molecular formula is C12H13N3O5. The van der Waals surface area contributed by atoms with Gasteiger partial charge >= 0.3 is 5.97 Å². The van der Waals surface area contributed by atoms with E-state index < -0.39 is 22.8 Å². The predicted octanol–water partition coefficient (Wildman–Crippen LogP) is 0.747. The predicted molar refractivity (Wildman–Crippen MR) is 69.6 cm³/mol. The molecule has 1 heterocycles. The molecule has 1 amide bonds. The lowest BCUT2D eigenvalue weighted by molar-refractivity contribution is -0.384. The SMILES string of the molecule is NC(=O)C1CCCN1c1ccc(C(=O)O)cc1[N+](=O)[O-]. The molecule has 0 radical (unpaired) electrons. The molecule has 0 spiro atoms. The zero-order valence-electron chi connectivity index (χ0n) is 10.5. The zero-order valence-corrected chi connectivity index (χ0v) is 10.5. The van der Waals surface area contributed by atoms with Crippen molar-refractivity contribution in [3.05, 3.63) is 33.9 Å². The number of aromatic carboxylic acids is 1. The number of nitro benzene ring substituents is 1. The van der Waals surface area contributed by atoms with Gasteiger partial charge in [0, 0.05) is 12.6 Å². The molecule has 0 aliphatic carbocycles. The number of nitro groups is 1. The van der Waals surface area contributed by atoms with Crippen molar-refractivity contribution in [2.24, 2.45) is 5.73 Å². The number of primary amides is 1. The molecule has 1 aliphatic rings. The summed E-state index contributed by atoms with van der Waals surface area (Å²) >= 11 is 0. The normalized spacial score (nSPS) is 18.0. The van der Waals surface area contributed by atoms with E-state index >= 15 is 0 Å². The van der Waals surface area contributed by atoms with Gasteiger partial charge in [0.25, 0.3) is 5.69 Å². The number of carbonyl (C=O) groups is 2. The first kappa shape index (κ1) is 13.8. The fourth-order valence-corrected chi connectivity index (χ4v) is 2.40. The number of benzene rings is 1. The lowest BCUT2D eigenvalue weighted by Crippen LogP contribution is -2.40. The molecule has 2 rings (SSSR count). The number of hydrogen-bond donors (Lipinski definition) is 2. The second-order valence-corrected chi connectivity index (χ2v) is 4.52. The standard InChI is InChI=1S/C12H13N3O5/c13-11(16)9-2-1-5-14(9)8-4-3-7(12(17)18)6-10(8)15(19)20/h3-4,6,9H,1-2,5H2,(H2,13,16)(H,17,18). The smallest absolute Gasteiger partial charge is 0.335 e. The number of carbonyl (C=O) groups excluding carboxylic acids is 1. The van der Waals surface area contributed by atoms with Crippen molar-refractivity contribution in [1.29, 1.82) is 0 Å². The third-order valence-corrected chi connectivity index (χ3v) is 3.31. The molecule has 8 nitrogen and oxygen atoms in total. The molecule has 1 saturated heterocycles. The zero-order chi connectivity index (χ0) is 14.9. The maximum Gasteiger partial charge on any atom is 0.335 e. The van der Waals surface area contributed by atoms with Crippen LogP contribution in [0.4, 0.5) is 11.4 Å². The summed E-state index contributed by atoms with van der Waals surface area (Å²) in [7, 11) is 0. The van der Waals surface area contributed by atoms with Gasteiger partial charge in [-0.25, -0.2) is 4.79 Å². The van der Waals surface area contributed by atoms with Crippen LogP contribution in [-0.4, -0.2) is 34.5 Å². The van der Waals surface area contributed by atoms with E-state index in [0.717, 1.165) is 6.07 Å². The Balaban J connectivity index is 2.48. The highest BCUT2D eigenvalue weighted by atomic mass is 16.6. The fraction of sp³-hybridized carbons (Fsp3) is 0.333. The first-order chi connectivity index (χ1) is 9.41. The Bertz CT molecular complexity index is 586. The highest BCUT2D eigenvalue weighted by Crippen LogP contribution is 2.34. The van der Waals surface area contributed by atoms with E-state index in [0.29, 0.717) is 19.4 Å². The van der Waals surface area contributed by atoms with Gasteiger partial charge in [0.05, 0.1) is 10.5 Å². The number of amides is 1. The minimum Gasteiger partial charge on any atom is -0.478 e. The highest BCUT2D eigenvalue weighted by Gasteiger charge is 2.33. The van der Waals surface area contributed by atoms with Gasteiger partial charge in [-0.1, -0.05) is 0 Å². The van der Waals surface area contributed by atoms with Crippen molar-refractivity contribution in [2.45, 2.75) is 18.9 Å². The second-order valence-electron chi connectivity index (χ2n) is 4.52. The van der Waals surface area contributed by atoms with E-state index in [1.807, 2.05) is 0 Å². The Morgan fingerprint density at radius 2 is 2.15 bits per heavy atom. The van der Waals surface area contributed by atoms with Gasteiger partial charge in [0.15, 0.2) is 0 Å². The van der Waals surface area contributed by atoms with Crippen LogP contribution >= 0.6 is 0 Å². The molecule has 0 bridgehead atoms. The first-order valence-corrected chi connectivity index (χ1v) is 5.99. The van der Waals surface area contributed by atoms with Crippen LogP contribution < -0.4 is 10.6 Å². The third kappa shape index (κ3) is 2.40. The number of carboxylic acid groups (broad SMARTS) is 1. The monoisotopic (exact) mass is 279 g/mol. The van der Waals surface area contributed by atoms with Crippen molar-refractivity contribution < 1.29 is 19.6 Å². The van der Waals surface area contributed by atoms with Gasteiger partial charge < -0.3 is 15.7 Å². The average molecular weight is 279 g/mol. The maximum atomic E-state index is 11.4. The number of carboxylic acids is 1. The lowest BCUT2D eigenvalue weighted by atomic mass is 10.1. The van der Waals surface area contributed by atoms with Gasteiger partial charge in [-0.05, 0) is 25.0 Å². The van der Waals surface area contributed by atoms with Crippen LogP contribution in [0.15, 0.2) is 18.2 Å². The van der Waals surface area contributed by atoms with E-state index in [1.54, 1.807) is 4.90 Å². The second kappa shape index (κ2) is 5.16. The summed E-state index contributed by atoms with van der Waals surface area (Å²) in [5.74, 6) is -1.79. The van der Waals surface area contributed by atoms with Crippen LogP contribution in [0.3, 0.4) is 0 Å². The molecule has 0 aromatic heterocycles. The van der Waals surface area contributed by atoms with Crippen LogP contribution in [0.1, 0.15) is 23.2 Å². The Morgan fingerprint density at radius 1 is 1.45 bits per heavy atom. The summed E-state index contributed by atoms with van der Waals surface area (Å²) in [5, 5.41) is 20.0. The number of nitrogens with two attached hydrogens (primary N) is 1. The van der Waals surface area contributed by atoms with Crippen molar-refractivity contribution in [2.75, 3.05) is 11.4 Å². The molecule has 1 unspecified atom stereocenters. The number of nitrogens with zero attached hydrogens (tertiary/aromatic N) is 2. The quantitative estimate of drug-likeness (QED) is 0.618. The molecule has 1 fully saturated rings. The Labute approximate surface area is 113 Å². The molecular weight excluding hydrogens is 266 g/mol. The van der Waals surface area contributed by atoms with Gasteiger partial charge in [-0.2, -0.15) is 0 Å². The van der Waals surface area contributed by atoms with E-state index in [2.05, 4.69) is 0 Å². The van der Waals surface area contributed by atoms with E-state index in [1.165, 1.54) is 12.1 Å². The minimum atomic E-state index is -1.24. The summed E-state index contributed by atoms with van der Waals surface area (Å²) in [4.78, 5) is 34.2. The summed E-state index contributed by atoms with van der Waals surface area (Å²) < 4.78 is 0. The van der Waals surface area contributed by atoms with Crippen LogP contribution in [0.2, 0.25) is 0 Å². The largest absolute Gasteiger partial charge is 0.478 e. The van der Waals surface area contributed by atoms with Crippen LogP contribution in [0.5, 0.6) is 0 Å². The maximum absolute atomic E-state index is 11.4. The molecule has 3 N–H and O–H groups in total. The summed E-state index contributed by atoms with van der Waals surface area (Å²) in [6.45, 7) is 0.473. The number of rotatable bonds is 4. The topological polar surface area (TPSA) is 127 Å². The average Bonchev–Trinajstić information content (AvgIpc) is 2.86. The summed E-state index contributed by atoms with van der Waals surface area (Å²) in [6.07, 6.45) is 1.23.